The highest BCUT2D eigenvalue weighted by atomic mass is 16.5. The first-order valence-corrected chi connectivity index (χ1v) is 7.53. The number of fused-ring (bicyclic) bond motifs is 1. The van der Waals surface area contributed by atoms with Crippen LogP contribution in [-0.2, 0) is 5.54 Å². The molecule has 2 aliphatic rings. The molecule has 1 unspecified atom stereocenters. The van der Waals surface area contributed by atoms with Gasteiger partial charge in [0, 0.05) is 44.7 Å². The molecule has 3 rings (SSSR count). The number of aryl methyl sites for hydroxylation is 1. The molecule has 0 radical (unpaired) electrons. The summed E-state index contributed by atoms with van der Waals surface area (Å²) in [6, 6.07) is 6.49. The number of likely N-dealkylation sites (N-methyl/N-ethyl adjacent to an activating group) is 1. The van der Waals surface area contributed by atoms with Crippen LogP contribution in [0.5, 0.6) is 5.75 Å². The highest BCUT2D eigenvalue weighted by molar-refractivity contribution is 5.44. The van der Waals surface area contributed by atoms with Gasteiger partial charge < -0.3 is 15.4 Å². The average molecular weight is 275 g/mol. The van der Waals surface area contributed by atoms with Crippen molar-refractivity contribution in [2.75, 3.05) is 46.4 Å². The molecule has 0 amide bonds. The minimum absolute atomic E-state index is 0.0408. The fourth-order valence-corrected chi connectivity index (χ4v) is 3.50. The largest absolute Gasteiger partial charge is 0.493 e. The number of rotatable bonds is 2. The lowest BCUT2D eigenvalue weighted by atomic mass is 9.81. The third-order valence-electron chi connectivity index (χ3n) is 4.86. The molecule has 1 aromatic rings. The third-order valence-corrected chi connectivity index (χ3v) is 4.86. The summed E-state index contributed by atoms with van der Waals surface area (Å²) in [4.78, 5) is 4.96. The smallest absolute Gasteiger partial charge is 0.124 e. The lowest BCUT2D eigenvalue weighted by Crippen LogP contribution is -2.59. The average Bonchev–Trinajstić information content (AvgIpc) is 2.47. The molecule has 2 aliphatic heterocycles. The van der Waals surface area contributed by atoms with Crippen LogP contribution in [0.4, 0.5) is 0 Å². The summed E-state index contributed by atoms with van der Waals surface area (Å²) >= 11 is 0. The topological polar surface area (TPSA) is 41.7 Å². The van der Waals surface area contributed by atoms with E-state index in [4.69, 9.17) is 10.5 Å². The summed E-state index contributed by atoms with van der Waals surface area (Å²) in [5.41, 5.74) is 8.78. The number of hydrogen-bond donors (Lipinski definition) is 1. The predicted octanol–water partition coefficient (Wildman–Crippen LogP) is 1.18. The molecule has 2 heterocycles. The zero-order valence-electron chi connectivity index (χ0n) is 12.6. The summed E-state index contributed by atoms with van der Waals surface area (Å²) in [7, 11) is 2.19. The Bertz CT molecular complexity index is 483. The summed E-state index contributed by atoms with van der Waals surface area (Å²) in [6.45, 7) is 7.96. The lowest BCUT2D eigenvalue weighted by molar-refractivity contribution is 0.0139. The summed E-state index contributed by atoms with van der Waals surface area (Å²) in [6.07, 6.45) is 0.990. The van der Waals surface area contributed by atoms with Gasteiger partial charge in [0.15, 0.2) is 0 Å². The Morgan fingerprint density at radius 3 is 2.70 bits per heavy atom. The molecule has 2 N–H and O–H groups in total. The minimum Gasteiger partial charge on any atom is -0.493 e. The van der Waals surface area contributed by atoms with Crippen molar-refractivity contribution in [3.05, 3.63) is 29.3 Å². The number of nitrogens with zero attached hydrogens (tertiary/aromatic N) is 2. The third kappa shape index (κ3) is 2.22. The molecule has 4 heteroatoms. The molecule has 0 bridgehead atoms. The molecule has 0 saturated carbocycles. The van der Waals surface area contributed by atoms with E-state index in [2.05, 4.69) is 42.0 Å². The van der Waals surface area contributed by atoms with E-state index in [0.29, 0.717) is 6.54 Å². The normalized spacial score (nSPS) is 27.9. The molecule has 110 valence electrons. The Morgan fingerprint density at radius 1 is 1.25 bits per heavy atom. The molecule has 1 atom stereocenters. The maximum atomic E-state index is 6.26. The number of hydrogen-bond acceptors (Lipinski definition) is 4. The van der Waals surface area contributed by atoms with Gasteiger partial charge in [-0.05, 0) is 20.0 Å². The molecule has 1 saturated heterocycles. The van der Waals surface area contributed by atoms with E-state index in [1.54, 1.807) is 0 Å². The molecular formula is C16H25N3O. The van der Waals surface area contributed by atoms with Gasteiger partial charge in [-0.25, -0.2) is 0 Å². The van der Waals surface area contributed by atoms with Gasteiger partial charge in [0.1, 0.15) is 5.75 Å². The van der Waals surface area contributed by atoms with Gasteiger partial charge in [-0.3, -0.25) is 4.90 Å². The number of ether oxygens (including phenoxy) is 1. The molecule has 0 aromatic heterocycles. The van der Waals surface area contributed by atoms with Crippen LogP contribution >= 0.6 is 0 Å². The molecule has 1 aromatic carbocycles. The molecule has 0 aliphatic carbocycles. The van der Waals surface area contributed by atoms with Crippen LogP contribution in [0.25, 0.3) is 0 Å². The van der Waals surface area contributed by atoms with Crippen LogP contribution in [0, 0.1) is 6.92 Å². The van der Waals surface area contributed by atoms with Gasteiger partial charge in [0.25, 0.3) is 0 Å². The van der Waals surface area contributed by atoms with Crippen LogP contribution in [-0.4, -0.2) is 56.2 Å². The summed E-state index contributed by atoms with van der Waals surface area (Å²) in [5, 5.41) is 0. The second-order valence-electron chi connectivity index (χ2n) is 6.12. The first-order valence-electron chi connectivity index (χ1n) is 7.53. The molecule has 4 nitrogen and oxygen atoms in total. The van der Waals surface area contributed by atoms with Crippen LogP contribution in [0.3, 0.4) is 0 Å². The zero-order valence-corrected chi connectivity index (χ0v) is 12.6. The molecule has 0 spiro atoms. The molecule has 20 heavy (non-hydrogen) atoms. The van der Waals surface area contributed by atoms with Crippen LogP contribution in [0.2, 0.25) is 0 Å². The number of piperazine rings is 1. The van der Waals surface area contributed by atoms with E-state index < -0.39 is 0 Å². The van der Waals surface area contributed by atoms with Crippen molar-refractivity contribution < 1.29 is 4.74 Å². The van der Waals surface area contributed by atoms with Crippen molar-refractivity contribution in [1.29, 1.82) is 0 Å². The van der Waals surface area contributed by atoms with E-state index >= 15 is 0 Å². The summed E-state index contributed by atoms with van der Waals surface area (Å²) < 4.78 is 5.85. The van der Waals surface area contributed by atoms with Gasteiger partial charge in [-0.1, -0.05) is 17.7 Å². The van der Waals surface area contributed by atoms with Crippen molar-refractivity contribution in [3.8, 4) is 5.75 Å². The second-order valence-corrected chi connectivity index (χ2v) is 6.12. The van der Waals surface area contributed by atoms with E-state index in [9.17, 15) is 0 Å². The van der Waals surface area contributed by atoms with Crippen molar-refractivity contribution in [1.82, 2.24) is 9.80 Å². The predicted molar refractivity (Wildman–Crippen MR) is 81.1 cm³/mol. The van der Waals surface area contributed by atoms with E-state index in [1.807, 2.05) is 0 Å². The Kier molecular flexibility index (Phi) is 3.71. The van der Waals surface area contributed by atoms with Gasteiger partial charge in [-0.2, -0.15) is 0 Å². The second kappa shape index (κ2) is 5.35. The highest BCUT2D eigenvalue weighted by Gasteiger charge is 2.42. The van der Waals surface area contributed by atoms with Gasteiger partial charge in [-0.15, -0.1) is 0 Å². The van der Waals surface area contributed by atoms with Crippen LogP contribution < -0.4 is 10.5 Å². The van der Waals surface area contributed by atoms with Gasteiger partial charge >= 0.3 is 0 Å². The van der Waals surface area contributed by atoms with Gasteiger partial charge in [0.05, 0.1) is 12.1 Å². The minimum atomic E-state index is -0.0408. The van der Waals surface area contributed by atoms with Gasteiger partial charge in [0.2, 0.25) is 0 Å². The van der Waals surface area contributed by atoms with Crippen molar-refractivity contribution >= 4 is 0 Å². The fourth-order valence-electron chi connectivity index (χ4n) is 3.50. The Labute approximate surface area is 121 Å². The maximum absolute atomic E-state index is 6.26. The van der Waals surface area contributed by atoms with E-state index in [1.165, 1.54) is 11.1 Å². The van der Waals surface area contributed by atoms with Crippen molar-refractivity contribution in [2.45, 2.75) is 18.9 Å². The highest BCUT2D eigenvalue weighted by Crippen LogP contribution is 2.41. The Hall–Kier alpha value is -1.10. The quantitative estimate of drug-likeness (QED) is 0.880. The Morgan fingerprint density at radius 2 is 2.00 bits per heavy atom. The van der Waals surface area contributed by atoms with Crippen molar-refractivity contribution in [3.63, 3.8) is 0 Å². The SMILES string of the molecule is Cc1ccc2c(c1)C(CN)(N1CCN(C)CC1)CCO2. The molecular weight excluding hydrogens is 250 g/mol. The first-order chi connectivity index (χ1) is 9.65. The number of benzene rings is 1. The summed E-state index contributed by atoms with van der Waals surface area (Å²) in [5.74, 6) is 1.02. The standard InChI is InChI=1S/C16H25N3O/c1-13-3-4-15-14(11-13)16(12-17,5-10-20-15)19-8-6-18(2)7-9-19/h3-4,11H,5-10,12,17H2,1-2H3. The molecule has 1 fully saturated rings. The number of nitrogens with two attached hydrogens (primary N) is 1. The Balaban J connectivity index is 1.99. The van der Waals surface area contributed by atoms with Crippen LogP contribution in [0.15, 0.2) is 18.2 Å². The van der Waals surface area contributed by atoms with E-state index in [0.717, 1.165) is 45.0 Å². The first kappa shape index (κ1) is 13.9. The lowest BCUT2D eigenvalue weighted by Gasteiger charge is -2.49. The monoisotopic (exact) mass is 275 g/mol. The zero-order chi connectivity index (χ0) is 14.2. The maximum Gasteiger partial charge on any atom is 0.124 e. The van der Waals surface area contributed by atoms with Crippen molar-refractivity contribution in [2.24, 2.45) is 5.73 Å². The van der Waals surface area contributed by atoms with E-state index in [-0.39, 0.29) is 5.54 Å². The van der Waals surface area contributed by atoms with Crippen LogP contribution in [0.1, 0.15) is 17.5 Å². The fraction of sp³-hybridized carbons (Fsp3) is 0.625.